The number of ether oxygens (including phenoxy) is 1. The maximum atomic E-state index is 12.1. The van der Waals surface area contributed by atoms with Crippen molar-refractivity contribution in [2.24, 2.45) is 0 Å². The molecule has 0 aliphatic heterocycles. The average Bonchev–Trinajstić information content (AvgIpc) is 2.89. The Morgan fingerprint density at radius 2 is 1.85 bits per heavy atom. The molecule has 0 aliphatic rings. The van der Waals surface area contributed by atoms with Crippen molar-refractivity contribution < 1.29 is 17.9 Å². The zero-order chi connectivity index (χ0) is 14.6. The molecule has 1 unspecified atom stereocenters. The number of nitrogens with one attached hydrogen (secondary N) is 1. The third-order valence-corrected chi connectivity index (χ3v) is 3.43. The molecule has 2 aromatic rings. The molecule has 20 heavy (non-hydrogen) atoms. The summed E-state index contributed by atoms with van der Waals surface area (Å²) < 4.78 is 40.2. The number of hydrogen-bond donors (Lipinski definition) is 1. The van der Waals surface area contributed by atoms with E-state index in [1.807, 2.05) is 23.8 Å². The minimum absolute atomic E-state index is 0.0220. The second kappa shape index (κ2) is 6.28. The fraction of sp³-hybridized carbons (Fsp3) is 0.286. The Labute approximate surface area is 119 Å². The molecule has 0 fully saturated rings. The molecule has 0 saturated heterocycles. The second-order valence-corrected chi connectivity index (χ2v) is 4.94. The summed E-state index contributed by atoms with van der Waals surface area (Å²) in [6, 6.07) is 7.93. The molecule has 1 N–H and O–H groups in total. The summed E-state index contributed by atoms with van der Waals surface area (Å²) in [4.78, 5) is 0. The van der Waals surface area contributed by atoms with Crippen LogP contribution in [0.15, 0.2) is 41.1 Å². The molecular weight excluding hydrogens is 287 g/mol. The van der Waals surface area contributed by atoms with Gasteiger partial charge in [-0.25, -0.2) is 0 Å². The van der Waals surface area contributed by atoms with Gasteiger partial charge in [0.2, 0.25) is 0 Å². The molecule has 0 bridgehead atoms. The van der Waals surface area contributed by atoms with Gasteiger partial charge in [-0.2, -0.15) is 11.3 Å². The van der Waals surface area contributed by atoms with Crippen LogP contribution in [0.1, 0.15) is 24.1 Å². The van der Waals surface area contributed by atoms with Gasteiger partial charge in [0.1, 0.15) is 5.75 Å². The molecule has 2 nitrogen and oxygen atoms in total. The Bertz CT molecular complexity index is 522. The van der Waals surface area contributed by atoms with Crippen molar-refractivity contribution in [1.82, 2.24) is 5.32 Å². The minimum atomic E-state index is -4.66. The predicted molar refractivity (Wildman–Crippen MR) is 73.0 cm³/mol. The summed E-state index contributed by atoms with van der Waals surface area (Å²) in [5.41, 5.74) is 2.00. The minimum Gasteiger partial charge on any atom is -0.406 e. The summed E-state index contributed by atoms with van der Waals surface area (Å²) in [7, 11) is 0. The summed E-state index contributed by atoms with van der Waals surface area (Å²) in [5, 5.41) is 7.31. The molecule has 6 heteroatoms. The molecule has 0 saturated carbocycles. The molecule has 108 valence electrons. The first-order chi connectivity index (χ1) is 9.49. The molecule has 0 radical (unpaired) electrons. The Hall–Kier alpha value is -1.53. The van der Waals surface area contributed by atoms with Crippen LogP contribution in [0.2, 0.25) is 0 Å². The lowest BCUT2D eigenvalue weighted by Gasteiger charge is -2.18. The SMILES string of the molecule is CCNC(c1ccc(OC(F)(F)F)cc1)c1ccsc1. The first kappa shape index (κ1) is 14.9. The Kier molecular flexibility index (Phi) is 4.67. The zero-order valence-electron chi connectivity index (χ0n) is 10.8. The van der Waals surface area contributed by atoms with Crippen molar-refractivity contribution >= 4 is 11.3 Å². The first-order valence-electron chi connectivity index (χ1n) is 6.11. The van der Waals surface area contributed by atoms with Crippen LogP contribution in [0.5, 0.6) is 5.75 Å². The van der Waals surface area contributed by atoms with Crippen LogP contribution in [-0.2, 0) is 0 Å². The third kappa shape index (κ3) is 3.98. The van der Waals surface area contributed by atoms with Gasteiger partial charge in [-0.15, -0.1) is 13.2 Å². The quantitative estimate of drug-likeness (QED) is 0.886. The Morgan fingerprint density at radius 3 is 2.35 bits per heavy atom. The predicted octanol–water partition coefficient (Wildman–Crippen LogP) is 4.35. The number of halogens is 3. The zero-order valence-corrected chi connectivity index (χ0v) is 11.6. The highest BCUT2D eigenvalue weighted by Gasteiger charge is 2.31. The van der Waals surface area contributed by atoms with Crippen LogP contribution in [0.3, 0.4) is 0 Å². The van der Waals surface area contributed by atoms with Gasteiger partial charge in [0.05, 0.1) is 6.04 Å². The first-order valence-corrected chi connectivity index (χ1v) is 7.05. The normalized spacial score (nSPS) is 13.2. The van der Waals surface area contributed by atoms with Crippen molar-refractivity contribution in [1.29, 1.82) is 0 Å². The molecule has 0 amide bonds. The van der Waals surface area contributed by atoms with Crippen molar-refractivity contribution in [2.75, 3.05) is 6.54 Å². The lowest BCUT2D eigenvalue weighted by Crippen LogP contribution is -2.21. The van der Waals surface area contributed by atoms with Gasteiger partial charge in [-0.3, -0.25) is 0 Å². The molecule has 1 aromatic heterocycles. The van der Waals surface area contributed by atoms with Gasteiger partial charge in [0.25, 0.3) is 0 Å². The van der Waals surface area contributed by atoms with E-state index < -0.39 is 6.36 Å². The summed E-state index contributed by atoms with van der Waals surface area (Å²) >= 11 is 1.59. The number of hydrogen-bond acceptors (Lipinski definition) is 3. The Morgan fingerprint density at radius 1 is 1.15 bits per heavy atom. The molecule has 0 spiro atoms. The van der Waals surface area contributed by atoms with Crippen LogP contribution in [0.4, 0.5) is 13.2 Å². The topological polar surface area (TPSA) is 21.3 Å². The summed E-state index contributed by atoms with van der Waals surface area (Å²) in [6.45, 7) is 2.75. The average molecular weight is 301 g/mol. The molecule has 1 heterocycles. The van der Waals surface area contributed by atoms with Crippen molar-refractivity contribution in [3.05, 3.63) is 52.2 Å². The van der Waals surface area contributed by atoms with Gasteiger partial charge in [0, 0.05) is 0 Å². The van der Waals surface area contributed by atoms with Gasteiger partial charge in [-0.1, -0.05) is 19.1 Å². The van der Waals surface area contributed by atoms with Crippen molar-refractivity contribution in [2.45, 2.75) is 19.3 Å². The standard InChI is InChI=1S/C14H14F3NOS/c1-2-18-13(11-7-8-20-9-11)10-3-5-12(6-4-10)19-14(15,16)17/h3-9,13,18H,2H2,1H3. The molecule has 2 rings (SSSR count). The van der Waals surface area contributed by atoms with E-state index in [1.54, 1.807) is 23.5 Å². The fourth-order valence-electron chi connectivity index (χ4n) is 1.93. The number of benzene rings is 1. The van der Waals surface area contributed by atoms with Gasteiger partial charge in [0.15, 0.2) is 0 Å². The highest BCUT2D eigenvalue weighted by molar-refractivity contribution is 7.08. The van der Waals surface area contributed by atoms with Crippen molar-refractivity contribution in [3.8, 4) is 5.75 Å². The van der Waals surface area contributed by atoms with Crippen LogP contribution in [0.25, 0.3) is 0 Å². The highest BCUT2D eigenvalue weighted by atomic mass is 32.1. The largest absolute Gasteiger partial charge is 0.573 e. The van der Waals surface area contributed by atoms with E-state index in [-0.39, 0.29) is 11.8 Å². The maximum absolute atomic E-state index is 12.1. The monoisotopic (exact) mass is 301 g/mol. The van der Waals surface area contributed by atoms with Gasteiger partial charge < -0.3 is 10.1 Å². The Balaban J connectivity index is 2.18. The van der Waals surface area contributed by atoms with E-state index in [0.717, 1.165) is 17.7 Å². The van der Waals surface area contributed by atoms with E-state index in [9.17, 15) is 13.2 Å². The molecule has 0 aliphatic carbocycles. The highest BCUT2D eigenvalue weighted by Crippen LogP contribution is 2.28. The van der Waals surface area contributed by atoms with Crippen LogP contribution in [0, 0.1) is 0 Å². The summed E-state index contributed by atoms with van der Waals surface area (Å²) in [6.07, 6.45) is -4.66. The summed E-state index contributed by atoms with van der Waals surface area (Å²) in [5.74, 6) is -0.207. The molecule has 1 atom stereocenters. The lowest BCUT2D eigenvalue weighted by molar-refractivity contribution is -0.274. The van der Waals surface area contributed by atoms with Crippen molar-refractivity contribution in [3.63, 3.8) is 0 Å². The van der Waals surface area contributed by atoms with E-state index in [0.29, 0.717) is 0 Å². The van der Waals surface area contributed by atoms with Gasteiger partial charge >= 0.3 is 6.36 Å². The lowest BCUT2D eigenvalue weighted by atomic mass is 10.0. The second-order valence-electron chi connectivity index (χ2n) is 4.16. The van der Waals surface area contributed by atoms with Gasteiger partial charge in [-0.05, 0) is 46.6 Å². The van der Waals surface area contributed by atoms with Crippen LogP contribution in [-0.4, -0.2) is 12.9 Å². The number of thiophene rings is 1. The van der Waals surface area contributed by atoms with E-state index in [1.165, 1.54) is 12.1 Å². The van der Waals surface area contributed by atoms with E-state index >= 15 is 0 Å². The van der Waals surface area contributed by atoms with E-state index in [2.05, 4.69) is 10.1 Å². The maximum Gasteiger partial charge on any atom is 0.573 e. The van der Waals surface area contributed by atoms with Crippen LogP contribution >= 0.6 is 11.3 Å². The number of alkyl halides is 3. The smallest absolute Gasteiger partial charge is 0.406 e. The van der Waals surface area contributed by atoms with E-state index in [4.69, 9.17) is 0 Å². The fourth-order valence-corrected chi connectivity index (χ4v) is 2.62. The third-order valence-electron chi connectivity index (χ3n) is 2.73. The molecular formula is C14H14F3NOS. The van der Waals surface area contributed by atoms with Crippen LogP contribution < -0.4 is 10.1 Å². The molecule has 1 aromatic carbocycles. The number of rotatable bonds is 5.